The van der Waals surface area contributed by atoms with Gasteiger partial charge in [0, 0.05) is 6.42 Å². The van der Waals surface area contributed by atoms with Gasteiger partial charge in [-0.3, -0.25) is 4.79 Å². The van der Waals surface area contributed by atoms with Gasteiger partial charge in [0.25, 0.3) is 0 Å². The Bertz CT molecular complexity index is 1490. The molecule has 1 fully saturated rings. The monoisotopic (exact) mass is 1120 g/mol. The van der Waals surface area contributed by atoms with Gasteiger partial charge in [-0.05, 0) is 64.2 Å². The highest BCUT2D eigenvalue weighted by Crippen LogP contribution is 2.24. The molecule has 9 heteroatoms. The van der Waals surface area contributed by atoms with Crippen LogP contribution in [0.5, 0.6) is 0 Å². The van der Waals surface area contributed by atoms with Crippen LogP contribution >= 0.6 is 0 Å². The van der Waals surface area contributed by atoms with E-state index in [-0.39, 0.29) is 12.5 Å². The predicted molar refractivity (Wildman–Crippen MR) is 341 cm³/mol. The molecule has 466 valence electrons. The summed E-state index contributed by atoms with van der Waals surface area (Å²) in [6.07, 6.45) is 76.8. The van der Waals surface area contributed by atoms with Crippen LogP contribution in [0.25, 0.3) is 0 Å². The molecule has 0 aromatic carbocycles. The summed E-state index contributed by atoms with van der Waals surface area (Å²) >= 11 is 0. The standard InChI is InChI=1S/C71H129NO8/c1-3-5-7-9-11-13-15-17-19-21-23-25-27-29-30-31-32-33-34-35-37-38-40-42-44-46-48-50-52-54-56-58-60-65(74)64(63-79-71-70(78)69(77)68(76)66(62-73)80-71)72-67(75)61-59-57-55-53-51-49-47-45-43-41-39-36-28-26-24-22-20-18-16-14-12-10-8-6-4-2/h6,8,12,14,18,20,24,26,36,39,43,45,64-66,68-71,73-74,76-78H,3-5,7,9-11,13,15-17,19,21-23,25,27-35,37-38,40-42,44,46-63H2,1-2H3,(H,72,75)/b8-6-,14-12-,20-18-,26-24-,39-36-,45-43-. The molecule has 0 aliphatic carbocycles. The van der Waals surface area contributed by atoms with Crippen LogP contribution in [0.2, 0.25) is 0 Å². The van der Waals surface area contributed by atoms with Gasteiger partial charge in [0.15, 0.2) is 6.29 Å². The van der Waals surface area contributed by atoms with Crippen LogP contribution in [0.15, 0.2) is 72.9 Å². The molecule has 0 spiro atoms. The van der Waals surface area contributed by atoms with E-state index in [9.17, 15) is 30.3 Å². The molecule has 0 radical (unpaired) electrons. The molecule has 7 unspecified atom stereocenters. The third-order valence-corrected chi connectivity index (χ3v) is 16.1. The zero-order valence-corrected chi connectivity index (χ0v) is 52.1. The summed E-state index contributed by atoms with van der Waals surface area (Å²) in [6, 6.07) is -0.734. The molecular formula is C71H129NO8. The Hall–Kier alpha value is -2.37. The summed E-state index contributed by atoms with van der Waals surface area (Å²) in [5, 5.41) is 54.9. The first-order valence-corrected chi connectivity index (χ1v) is 34.1. The molecule has 1 heterocycles. The molecule has 1 rings (SSSR count). The number of aliphatic hydroxyl groups excluding tert-OH is 5. The fourth-order valence-electron chi connectivity index (χ4n) is 10.8. The van der Waals surface area contributed by atoms with Gasteiger partial charge in [0.05, 0.1) is 25.4 Å². The minimum Gasteiger partial charge on any atom is -0.394 e. The van der Waals surface area contributed by atoms with Crippen molar-refractivity contribution in [2.24, 2.45) is 0 Å². The van der Waals surface area contributed by atoms with E-state index in [1.807, 2.05) is 0 Å². The lowest BCUT2D eigenvalue weighted by atomic mass is 9.99. The molecule has 0 aromatic rings. The summed E-state index contributed by atoms with van der Waals surface area (Å²) in [5.74, 6) is -0.157. The van der Waals surface area contributed by atoms with Crippen LogP contribution in [-0.2, 0) is 14.3 Å². The van der Waals surface area contributed by atoms with Crippen LogP contribution in [0.3, 0.4) is 0 Å². The minimum atomic E-state index is -1.56. The number of hydrogen-bond acceptors (Lipinski definition) is 8. The maximum atomic E-state index is 13.1. The average Bonchev–Trinajstić information content (AvgIpc) is 3.46. The Morgan fingerprint density at radius 1 is 0.438 bits per heavy atom. The molecule has 7 atom stereocenters. The van der Waals surface area contributed by atoms with E-state index >= 15 is 0 Å². The molecule has 0 bridgehead atoms. The maximum absolute atomic E-state index is 13.1. The number of nitrogens with one attached hydrogen (secondary N) is 1. The lowest BCUT2D eigenvalue weighted by molar-refractivity contribution is -0.302. The van der Waals surface area contributed by atoms with E-state index < -0.39 is 49.5 Å². The number of rotatable bonds is 59. The van der Waals surface area contributed by atoms with Crippen molar-refractivity contribution in [3.8, 4) is 0 Å². The van der Waals surface area contributed by atoms with E-state index in [1.165, 1.54) is 193 Å². The summed E-state index contributed by atoms with van der Waals surface area (Å²) < 4.78 is 11.4. The molecule has 9 nitrogen and oxygen atoms in total. The van der Waals surface area contributed by atoms with Crippen LogP contribution in [0.1, 0.15) is 316 Å². The zero-order valence-electron chi connectivity index (χ0n) is 52.1. The zero-order chi connectivity index (χ0) is 57.9. The van der Waals surface area contributed by atoms with E-state index in [4.69, 9.17) is 9.47 Å². The van der Waals surface area contributed by atoms with Crippen LogP contribution in [0.4, 0.5) is 0 Å². The number of aliphatic hydroxyl groups is 5. The number of hydrogen-bond donors (Lipinski definition) is 6. The van der Waals surface area contributed by atoms with Gasteiger partial charge >= 0.3 is 0 Å². The van der Waals surface area contributed by atoms with Gasteiger partial charge in [-0.15, -0.1) is 0 Å². The topological polar surface area (TPSA) is 149 Å². The van der Waals surface area contributed by atoms with Gasteiger partial charge in [0.2, 0.25) is 5.91 Å². The van der Waals surface area contributed by atoms with Crippen molar-refractivity contribution in [1.82, 2.24) is 5.32 Å². The smallest absolute Gasteiger partial charge is 0.220 e. The normalized spacial score (nSPS) is 18.9. The molecule has 1 saturated heterocycles. The molecule has 6 N–H and O–H groups in total. The van der Waals surface area contributed by atoms with Crippen molar-refractivity contribution in [3.05, 3.63) is 72.9 Å². The number of allylic oxidation sites excluding steroid dienone is 12. The number of ether oxygens (including phenoxy) is 2. The molecule has 0 aromatic heterocycles. The van der Waals surface area contributed by atoms with Crippen molar-refractivity contribution < 1.29 is 39.8 Å². The third kappa shape index (κ3) is 48.0. The Kier molecular flexibility index (Phi) is 56.5. The largest absolute Gasteiger partial charge is 0.394 e. The fourth-order valence-corrected chi connectivity index (χ4v) is 10.8. The highest BCUT2D eigenvalue weighted by atomic mass is 16.7. The lowest BCUT2D eigenvalue weighted by Gasteiger charge is -2.40. The van der Waals surface area contributed by atoms with Crippen molar-refractivity contribution >= 4 is 5.91 Å². The number of unbranched alkanes of at least 4 members (excludes halogenated alkanes) is 37. The first-order valence-electron chi connectivity index (χ1n) is 34.1. The number of amides is 1. The lowest BCUT2D eigenvalue weighted by Crippen LogP contribution is -2.60. The van der Waals surface area contributed by atoms with E-state index in [2.05, 4.69) is 92.1 Å². The molecule has 1 aliphatic rings. The average molecular weight is 1120 g/mol. The second kappa shape index (κ2) is 59.8. The van der Waals surface area contributed by atoms with Crippen LogP contribution < -0.4 is 5.32 Å². The molecule has 1 amide bonds. The second-order valence-electron chi connectivity index (χ2n) is 23.6. The summed E-state index contributed by atoms with van der Waals surface area (Å²) in [7, 11) is 0. The Labute approximate surface area is 493 Å². The van der Waals surface area contributed by atoms with Crippen LogP contribution in [-0.4, -0.2) is 87.5 Å². The Morgan fingerprint density at radius 2 is 0.775 bits per heavy atom. The van der Waals surface area contributed by atoms with Crippen molar-refractivity contribution in [1.29, 1.82) is 0 Å². The summed E-state index contributed by atoms with van der Waals surface area (Å²) in [4.78, 5) is 13.1. The van der Waals surface area contributed by atoms with Crippen molar-refractivity contribution in [2.75, 3.05) is 13.2 Å². The van der Waals surface area contributed by atoms with E-state index in [0.717, 1.165) is 96.3 Å². The minimum absolute atomic E-state index is 0.147. The van der Waals surface area contributed by atoms with Crippen LogP contribution in [0, 0.1) is 0 Å². The fraction of sp³-hybridized carbons (Fsp3) is 0.817. The van der Waals surface area contributed by atoms with E-state index in [0.29, 0.717) is 12.8 Å². The molecule has 1 aliphatic heterocycles. The van der Waals surface area contributed by atoms with Gasteiger partial charge in [-0.2, -0.15) is 0 Å². The highest BCUT2D eigenvalue weighted by molar-refractivity contribution is 5.76. The molecule has 0 saturated carbocycles. The summed E-state index contributed by atoms with van der Waals surface area (Å²) in [5.41, 5.74) is 0. The first-order chi connectivity index (χ1) is 39.3. The number of carbonyl (C=O) groups is 1. The SMILES string of the molecule is CC/C=C\C/C=C\C/C=C\C/C=C\C/C=C\C/C=C\CCCCCCCCC(=O)NC(COC1OC(CO)C(O)C(O)C1O)C(O)CCCCCCCCCCCCCCCCCCCCCCCCCCCCCCCCCC. The quantitative estimate of drug-likeness (QED) is 0.0261. The maximum Gasteiger partial charge on any atom is 0.220 e. The number of carbonyl (C=O) groups excluding carboxylic acids is 1. The second-order valence-corrected chi connectivity index (χ2v) is 23.6. The summed E-state index contributed by atoms with van der Waals surface area (Å²) in [6.45, 7) is 3.75. The van der Waals surface area contributed by atoms with Gasteiger partial charge < -0.3 is 40.3 Å². The van der Waals surface area contributed by atoms with Gasteiger partial charge in [-0.1, -0.05) is 318 Å². The van der Waals surface area contributed by atoms with Gasteiger partial charge in [0.1, 0.15) is 24.4 Å². The molecule has 80 heavy (non-hydrogen) atoms. The van der Waals surface area contributed by atoms with Crippen molar-refractivity contribution in [2.45, 2.75) is 358 Å². The molecular weight excluding hydrogens is 995 g/mol. The Morgan fingerprint density at radius 3 is 1.15 bits per heavy atom. The highest BCUT2D eigenvalue weighted by Gasteiger charge is 2.44. The first kappa shape index (κ1) is 75.6. The van der Waals surface area contributed by atoms with E-state index in [1.54, 1.807) is 0 Å². The van der Waals surface area contributed by atoms with Gasteiger partial charge in [-0.25, -0.2) is 0 Å². The Balaban J connectivity index is 2.14. The third-order valence-electron chi connectivity index (χ3n) is 16.1. The predicted octanol–water partition coefficient (Wildman–Crippen LogP) is 18.4. The van der Waals surface area contributed by atoms with Crippen molar-refractivity contribution in [3.63, 3.8) is 0 Å².